The molecule has 0 bridgehead atoms. The highest BCUT2D eigenvalue weighted by Crippen LogP contribution is 2.22. The second kappa shape index (κ2) is 7.48. The van der Waals surface area contributed by atoms with Crippen molar-refractivity contribution < 1.29 is 13.2 Å². The normalized spacial score (nSPS) is 11.0. The van der Waals surface area contributed by atoms with E-state index >= 15 is 0 Å². The van der Waals surface area contributed by atoms with E-state index in [2.05, 4.69) is 10.0 Å². The van der Waals surface area contributed by atoms with Crippen molar-refractivity contribution in [1.82, 2.24) is 5.32 Å². The molecular formula is C16H17ClN2O3S. The van der Waals surface area contributed by atoms with Gasteiger partial charge in [0.15, 0.2) is 0 Å². The SMILES string of the molecule is CNC(=O)c1cc(Cl)ccc1NS(=O)(=O)CCc1ccccc1. The first-order valence-electron chi connectivity index (χ1n) is 6.97. The number of aryl methyl sites for hydroxylation is 1. The van der Waals surface area contributed by atoms with Crippen molar-refractivity contribution >= 4 is 33.2 Å². The third kappa shape index (κ3) is 4.97. The molecule has 2 rings (SSSR count). The Morgan fingerprint density at radius 2 is 1.83 bits per heavy atom. The second-order valence-corrected chi connectivity index (χ2v) is 7.20. The van der Waals surface area contributed by atoms with Gasteiger partial charge in [0.2, 0.25) is 10.0 Å². The molecule has 2 aromatic carbocycles. The molecule has 0 heterocycles. The van der Waals surface area contributed by atoms with E-state index in [1.165, 1.54) is 25.2 Å². The van der Waals surface area contributed by atoms with Crippen LogP contribution in [0.1, 0.15) is 15.9 Å². The quantitative estimate of drug-likeness (QED) is 0.839. The molecule has 0 radical (unpaired) electrons. The van der Waals surface area contributed by atoms with E-state index in [1.54, 1.807) is 0 Å². The Kier molecular flexibility index (Phi) is 5.63. The van der Waals surface area contributed by atoms with E-state index < -0.39 is 15.9 Å². The lowest BCUT2D eigenvalue weighted by Gasteiger charge is -2.12. The first-order chi connectivity index (χ1) is 10.9. The minimum Gasteiger partial charge on any atom is -0.355 e. The minimum atomic E-state index is -3.58. The first kappa shape index (κ1) is 17.3. The van der Waals surface area contributed by atoms with Gasteiger partial charge < -0.3 is 5.32 Å². The number of carbonyl (C=O) groups is 1. The van der Waals surface area contributed by atoms with Gasteiger partial charge in [-0.2, -0.15) is 0 Å². The number of nitrogens with one attached hydrogen (secondary N) is 2. The van der Waals surface area contributed by atoms with Crippen LogP contribution in [0.5, 0.6) is 0 Å². The Labute approximate surface area is 140 Å². The van der Waals surface area contributed by atoms with Gasteiger partial charge in [0.25, 0.3) is 5.91 Å². The number of anilines is 1. The van der Waals surface area contributed by atoms with Gasteiger partial charge in [-0.25, -0.2) is 8.42 Å². The number of halogens is 1. The molecule has 0 saturated heterocycles. The summed E-state index contributed by atoms with van der Waals surface area (Å²) in [5.74, 6) is -0.486. The van der Waals surface area contributed by atoms with Crippen molar-refractivity contribution in [2.24, 2.45) is 0 Å². The molecule has 2 aromatic rings. The number of hydrogen-bond donors (Lipinski definition) is 2. The summed E-state index contributed by atoms with van der Waals surface area (Å²) >= 11 is 5.87. The summed E-state index contributed by atoms with van der Waals surface area (Å²) in [6, 6.07) is 13.8. The van der Waals surface area contributed by atoms with Crippen LogP contribution in [-0.4, -0.2) is 27.1 Å². The Morgan fingerprint density at radius 1 is 1.13 bits per heavy atom. The number of amides is 1. The molecule has 0 aliphatic heterocycles. The number of carbonyl (C=O) groups excluding carboxylic acids is 1. The van der Waals surface area contributed by atoms with Crippen LogP contribution >= 0.6 is 11.6 Å². The van der Waals surface area contributed by atoms with Crippen LogP contribution in [0.25, 0.3) is 0 Å². The molecule has 0 saturated carbocycles. The van der Waals surface area contributed by atoms with Crippen molar-refractivity contribution in [3.8, 4) is 0 Å². The number of benzene rings is 2. The lowest BCUT2D eigenvalue weighted by Crippen LogP contribution is -2.23. The van der Waals surface area contributed by atoms with Crippen molar-refractivity contribution in [3.63, 3.8) is 0 Å². The zero-order valence-electron chi connectivity index (χ0n) is 12.5. The summed E-state index contributed by atoms with van der Waals surface area (Å²) < 4.78 is 26.9. The van der Waals surface area contributed by atoms with Gasteiger partial charge in [-0.1, -0.05) is 41.9 Å². The molecule has 23 heavy (non-hydrogen) atoms. The fourth-order valence-electron chi connectivity index (χ4n) is 2.04. The monoisotopic (exact) mass is 352 g/mol. The molecule has 122 valence electrons. The van der Waals surface area contributed by atoms with Gasteiger partial charge in [-0.15, -0.1) is 0 Å². The molecular weight excluding hydrogens is 336 g/mol. The molecule has 7 heteroatoms. The van der Waals surface area contributed by atoms with E-state index in [-0.39, 0.29) is 17.0 Å². The zero-order valence-corrected chi connectivity index (χ0v) is 14.1. The van der Waals surface area contributed by atoms with Crippen LogP contribution in [0, 0.1) is 0 Å². The summed E-state index contributed by atoms with van der Waals surface area (Å²) in [5, 5.41) is 2.82. The Bertz CT molecular complexity index is 792. The molecule has 0 aliphatic carbocycles. The predicted molar refractivity (Wildman–Crippen MR) is 92.4 cm³/mol. The van der Waals surface area contributed by atoms with Crippen LogP contribution in [0.3, 0.4) is 0 Å². The van der Waals surface area contributed by atoms with Crippen molar-refractivity contribution in [2.45, 2.75) is 6.42 Å². The van der Waals surface area contributed by atoms with E-state index in [0.717, 1.165) is 5.56 Å². The van der Waals surface area contributed by atoms with Gasteiger partial charge in [0, 0.05) is 12.1 Å². The van der Waals surface area contributed by atoms with Crippen LogP contribution in [0.15, 0.2) is 48.5 Å². The highest BCUT2D eigenvalue weighted by atomic mass is 35.5. The second-order valence-electron chi connectivity index (χ2n) is 4.93. The molecule has 0 atom stereocenters. The van der Waals surface area contributed by atoms with Crippen molar-refractivity contribution in [2.75, 3.05) is 17.5 Å². The zero-order chi connectivity index (χ0) is 16.9. The predicted octanol–water partition coefficient (Wildman–Crippen LogP) is 2.68. The lowest BCUT2D eigenvalue weighted by atomic mass is 10.2. The third-order valence-corrected chi connectivity index (χ3v) is 4.73. The average molecular weight is 353 g/mol. The minimum absolute atomic E-state index is 0.0766. The fourth-order valence-corrected chi connectivity index (χ4v) is 3.34. The summed E-state index contributed by atoms with van der Waals surface area (Å²) in [4.78, 5) is 11.8. The number of hydrogen-bond acceptors (Lipinski definition) is 3. The maximum Gasteiger partial charge on any atom is 0.253 e. The van der Waals surface area contributed by atoms with Gasteiger partial charge in [0.1, 0.15) is 0 Å². The molecule has 0 fully saturated rings. The molecule has 1 amide bonds. The van der Waals surface area contributed by atoms with Crippen LogP contribution < -0.4 is 10.0 Å². The molecule has 0 aliphatic rings. The lowest BCUT2D eigenvalue weighted by molar-refractivity contribution is 0.0964. The largest absolute Gasteiger partial charge is 0.355 e. The Hall–Kier alpha value is -2.05. The van der Waals surface area contributed by atoms with E-state index in [0.29, 0.717) is 11.4 Å². The molecule has 0 spiro atoms. The summed E-state index contributed by atoms with van der Waals surface area (Å²) in [6.07, 6.45) is 0.388. The number of rotatable bonds is 6. The van der Waals surface area contributed by atoms with Gasteiger partial charge in [-0.3, -0.25) is 9.52 Å². The molecule has 0 aromatic heterocycles. The van der Waals surface area contributed by atoms with Crippen LogP contribution in [0.4, 0.5) is 5.69 Å². The summed E-state index contributed by atoms with van der Waals surface area (Å²) in [7, 11) is -2.11. The van der Waals surface area contributed by atoms with E-state index in [4.69, 9.17) is 11.6 Å². The highest BCUT2D eigenvalue weighted by Gasteiger charge is 2.16. The van der Waals surface area contributed by atoms with Gasteiger partial charge in [-0.05, 0) is 30.2 Å². The summed E-state index contributed by atoms with van der Waals surface area (Å²) in [6.45, 7) is 0. The molecule has 5 nitrogen and oxygen atoms in total. The van der Waals surface area contributed by atoms with E-state index in [9.17, 15) is 13.2 Å². The molecule has 0 unspecified atom stereocenters. The Morgan fingerprint density at radius 3 is 2.48 bits per heavy atom. The highest BCUT2D eigenvalue weighted by molar-refractivity contribution is 7.92. The average Bonchev–Trinajstić information content (AvgIpc) is 2.55. The smallest absolute Gasteiger partial charge is 0.253 e. The maximum absolute atomic E-state index is 12.2. The van der Waals surface area contributed by atoms with Crippen molar-refractivity contribution in [3.05, 3.63) is 64.7 Å². The van der Waals surface area contributed by atoms with Gasteiger partial charge in [0.05, 0.1) is 17.0 Å². The standard InChI is InChI=1S/C16H17ClN2O3S/c1-18-16(20)14-11-13(17)7-8-15(14)19-23(21,22)10-9-12-5-3-2-4-6-12/h2-8,11,19H,9-10H2,1H3,(H,18,20). The fraction of sp³-hybridized carbons (Fsp3) is 0.188. The van der Waals surface area contributed by atoms with Crippen molar-refractivity contribution in [1.29, 1.82) is 0 Å². The molecule has 2 N–H and O–H groups in total. The first-order valence-corrected chi connectivity index (χ1v) is 9.00. The van der Waals surface area contributed by atoms with Crippen LogP contribution in [0.2, 0.25) is 5.02 Å². The topological polar surface area (TPSA) is 75.3 Å². The summed E-state index contributed by atoms with van der Waals surface area (Å²) in [5.41, 5.74) is 1.32. The third-order valence-electron chi connectivity index (χ3n) is 3.22. The Balaban J connectivity index is 2.15. The van der Waals surface area contributed by atoms with Gasteiger partial charge >= 0.3 is 0 Å². The van der Waals surface area contributed by atoms with E-state index in [1.807, 2.05) is 30.3 Å². The van der Waals surface area contributed by atoms with Crippen LogP contribution in [-0.2, 0) is 16.4 Å². The maximum atomic E-state index is 12.2. The number of sulfonamides is 1.